The normalized spacial score (nSPS) is 12.9. The summed E-state index contributed by atoms with van der Waals surface area (Å²) in [6.45, 7) is 1.30. The van der Waals surface area contributed by atoms with Crippen LogP contribution >= 0.6 is 11.3 Å². The number of fused-ring (bicyclic) bond motifs is 2. The van der Waals surface area contributed by atoms with Crippen molar-refractivity contribution >= 4 is 44.9 Å². The smallest absolute Gasteiger partial charge is 0.339 e. The second kappa shape index (κ2) is 9.30. The molecule has 0 saturated heterocycles. The van der Waals surface area contributed by atoms with Crippen molar-refractivity contribution in [1.29, 1.82) is 0 Å². The highest BCUT2D eigenvalue weighted by molar-refractivity contribution is 7.14. The summed E-state index contributed by atoms with van der Waals surface area (Å²) in [4.78, 5) is 35.9. The number of rotatable bonds is 5. The lowest BCUT2D eigenvalue weighted by Crippen LogP contribution is -2.23. The van der Waals surface area contributed by atoms with Crippen LogP contribution in [0.4, 0.5) is 15.2 Å². The number of hydrogen-bond acceptors (Lipinski definition) is 6. The van der Waals surface area contributed by atoms with Gasteiger partial charge in [0.05, 0.1) is 22.5 Å². The summed E-state index contributed by atoms with van der Waals surface area (Å²) in [5, 5.41) is 2.81. The SMILES string of the molecule is CC(=O)N(c1nc(COC(=O)c2c3c(nc4ccccc24)CCCC3)cs1)c1ccccc1F. The van der Waals surface area contributed by atoms with Gasteiger partial charge in [-0.25, -0.2) is 14.2 Å². The molecule has 4 aromatic rings. The number of nitrogens with zero attached hydrogens (tertiary/aromatic N) is 3. The molecule has 0 bridgehead atoms. The van der Waals surface area contributed by atoms with Gasteiger partial charge in [-0.2, -0.15) is 0 Å². The molecule has 8 heteroatoms. The summed E-state index contributed by atoms with van der Waals surface area (Å²) >= 11 is 1.19. The van der Waals surface area contributed by atoms with Crippen molar-refractivity contribution in [1.82, 2.24) is 9.97 Å². The van der Waals surface area contributed by atoms with Crippen LogP contribution < -0.4 is 4.90 Å². The maximum atomic E-state index is 14.3. The van der Waals surface area contributed by atoms with Crippen molar-refractivity contribution in [2.45, 2.75) is 39.2 Å². The Kier molecular flexibility index (Phi) is 6.06. The number of thiazole rings is 1. The third kappa shape index (κ3) is 4.17. The Morgan fingerprint density at radius 2 is 1.82 bits per heavy atom. The van der Waals surface area contributed by atoms with Gasteiger partial charge in [0.25, 0.3) is 0 Å². The molecule has 0 atom stereocenters. The predicted molar refractivity (Wildman–Crippen MR) is 129 cm³/mol. The van der Waals surface area contributed by atoms with Gasteiger partial charge in [-0.1, -0.05) is 30.3 Å². The van der Waals surface area contributed by atoms with Gasteiger partial charge in [0, 0.05) is 23.4 Å². The Balaban J connectivity index is 1.40. The lowest BCUT2D eigenvalue weighted by atomic mass is 9.90. The molecule has 0 unspecified atom stereocenters. The number of ether oxygens (including phenoxy) is 1. The minimum Gasteiger partial charge on any atom is -0.456 e. The Labute approximate surface area is 200 Å². The van der Waals surface area contributed by atoms with Crippen LogP contribution in [0.2, 0.25) is 0 Å². The van der Waals surface area contributed by atoms with Crippen molar-refractivity contribution in [2.24, 2.45) is 0 Å². The number of benzene rings is 2. The Morgan fingerprint density at radius 3 is 2.65 bits per heavy atom. The third-order valence-corrected chi connectivity index (χ3v) is 6.74. The molecule has 0 saturated carbocycles. The maximum absolute atomic E-state index is 14.3. The Bertz CT molecular complexity index is 1400. The zero-order valence-electron chi connectivity index (χ0n) is 18.6. The van der Waals surface area contributed by atoms with Gasteiger partial charge in [-0.3, -0.25) is 14.7 Å². The van der Waals surface area contributed by atoms with E-state index < -0.39 is 11.8 Å². The number of anilines is 2. The molecule has 1 aliphatic rings. The average molecular weight is 476 g/mol. The molecule has 1 amide bonds. The standard InChI is InChI=1S/C26H22FN3O3S/c1-16(31)30(23-13-7-4-10-20(23)27)26-28-17(15-34-26)14-33-25(32)24-18-8-2-5-11-21(18)29-22-12-6-3-9-19(22)24/h2,4-5,7-8,10-11,13,15H,3,6,9,12,14H2,1H3. The van der Waals surface area contributed by atoms with Crippen LogP contribution in [0, 0.1) is 5.82 Å². The van der Waals surface area contributed by atoms with E-state index in [2.05, 4.69) is 4.98 Å². The summed E-state index contributed by atoms with van der Waals surface area (Å²) in [7, 11) is 0. The lowest BCUT2D eigenvalue weighted by molar-refractivity contribution is -0.115. The number of pyridine rings is 1. The van der Waals surface area contributed by atoms with E-state index in [1.165, 1.54) is 35.3 Å². The molecule has 6 nitrogen and oxygen atoms in total. The zero-order valence-corrected chi connectivity index (χ0v) is 19.4. The molecule has 0 radical (unpaired) electrons. The van der Waals surface area contributed by atoms with Gasteiger partial charge >= 0.3 is 5.97 Å². The molecule has 2 aromatic carbocycles. The molecule has 1 aliphatic carbocycles. The summed E-state index contributed by atoms with van der Waals surface area (Å²) < 4.78 is 20.0. The third-order valence-electron chi connectivity index (χ3n) is 5.86. The molecule has 0 N–H and O–H groups in total. The Hall–Kier alpha value is -3.65. The second-order valence-electron chi connectivity index (χ2n) is 8.14. The van der Waals surface area contributed by atoms with Gasteiger partial charge in [0.15, 0.2) is 5.13 Å². The van der Waals surface area contributed by atoms with Crippen LogP contribution in [0.5, 0.6) is 0 Å². The number of halogens is 1. The molecule has 5 rings (SSSR count). The highest BCUT2D eigenvalue weighted by atomic mass is 32.1. The fourth-order valence-electron chi connectivity index (χ4n) is 4.32. The number of carbonyl (C=O) groups excluding carboxylic acids is 2. The quantitative estimate of drug-likeness (QED) is 0.344. The first-order valence-electron chi connectivity index (χ1n) is 11.1. The summed E-state index contributed by atoms with van der Waals surface area (Å²) in [5.41, 5.74) is 3.91. The van der Waals surface area contributed by atoms with Crippen molar-refractivity contribution in [3.05, 3.63) is 82.2 Å². The van der Waals surface area contributed by atoms with E-state index >= 15 is 0 Å². The van der Waals surface area contributed by atoms with E-state index in [4.69, 9.17) is 9.72 Å². The van der Waals surface area contributed by atoms with Crippen LogP contribution in [0.15, 0.2) is 53.9 Å². The van der Waals surface area contributed by atoms with E-state index in [0.717, 1.165) is 47.8 Å². The molecule has 0 fully saturated rings. The number of hydrogen-bond donors (Lipinski definition) is 0. The predicted octanol–water partition coefficient (Wildman–Crippen LogP) is 5.75. The van der Waals surface area contributed by atoms with Crippen molar-refractivity contribution in [2.75, 3.05) is 4.90 Å². The molecule has 2 aromatic heterocycles. The van der Waals surface area contributed by atoms with Crippen LogP contribution in [-0.2, 0) is 29.0 Å². The van der Waals surface area contributed by atoms with Crippen LogP contribution in [0.3, 0.4) is 0 Å². The Morgan fingerprint density at radius 1 is 1.06 bits per heavy atom. The highest BCUT2D eigenvalue weighted by Crippen LogP contribution is 2.32. The fourth-order valence-corrected chi connectivity index (χ4v) is 5.19. The highest BCUT2D eigenvalue weighted by Gasteiger charge is 2.25. The molecule has 2 heterocycles. The van der Waals surface area contributed by atoms with E-state index in [9.17, 15) is 14.0 Å². The largest absolute Gasteiger partial charge is 0.456 e. The first kappa shape index (κ1) is 22.2. The second-order valence-corrected chi connectivity index (χ2v) is 8.98. The first-order valence-corrected chi connectivity index (χ1v) is 12.0. The van der Waals surface area contributed by atoms with Crippen LogP contribution in [0.1, 0.15) is 47.1 Å². The number of carbonyl (C=O) groups is 2. The summed E-state index contributed by atoms with van der Waals surface area (Å²) in [6, 6.07) is 13.6. The first-order chi connectivity index (χ1) is 16.5. The average Bonchev–Trinajstić information content (AvgIpc) is 3.30. The van der Waals surface area contributed by atoms with Gasteiger partial charge in [0.2, 0.25) is 5.91 Å². The molecule has 0 aliphatic heterocycles. The van der Waals surface area contributed by atoms with E-state index in [1.54, 1.807) is 17.5 Å². The zero-order chi connectivity index (χ0) is 23.7. The van der Waals surface area contributed by atoms with Crippen LogP contribution in [0.25, 0.3) is 10.9 Å². The monoisotopic (exact) mass is 475 g/mol. The number of amides is 1. The topological polar surface area (TPSA) is 72.4 Å². The molecular weight excluding hydrogens is 453 g/mol. The molecule has 34 heavy (non-hydrogen) atoms. The van der Waals surface area contributed by atoms with E-state index in [0.29, 0.717) is 16.4 Å². The van der Waals surface area contributed by atoms with Gasteiger partial charge in [-0.05, 0) is 49.4 Å². The van der Waals surface area contributed by atoms with Crippen molar-refractivity contribution in [3.63, 3.8) is 0 Å². The minimum atomic E-state index is -0.518. The van der Waals surface area contributed by atoms with E-state index in [1.807, 2.05) is 24.3 Å². The van der Waals surface area contributed by atoms with Crippen LogP contribution in [-0.4, -0.2) is 21.8 Å². The number of para-hydroxylation sites is 2. The lowest BCUT2D eigenvalue weighted by Gasteiger charge is -2.20. The van der Waals surface area contributed by atoms with Gasteiger partial charge in [0.1, 0.15) is 12.4 Å². The van der Waals surface area contributed by atoms with Gasteiger partial charge in [-0.15, -0.1) is 11.3 Å². The fraction of sp³-hybridized carbons (Fsp3) is 0.231. The van der Waals surface area contributed by atoms with Crippen molar-refractivity contribution < 1.29 is 18.7 Å². The molecule has 0 spiro atoms. The number of esters is 1. The van der Waals surface area contributed by atoms with Crippen molar-refractivity contribution in [3.8, 4) is 0 Å². The van der Waals surface area contributed by atoms with Gasteiger partial charge < -0.3 is 4.74 Å². The summed E-state index contributed by atoms with van der Waals surface area (Å²) in [6.07, 6.45) is 3.73. The van der Waals surface area contributed by atoms with E-state index in [-0.39, 0.29) is 18.2 Å². The molecule has 172 valence electrons. The number of aromatic nitrogens is 2. The number of aryl methyl sites for hydroxylation is 1. The minimum absolute atomic E-state index is 0.0518. The molecular formula is C26H22FN3O3S. The maximum Gasteiger partial charge on any atom is 0.339 e. The summed E-state index contributed by atoms with van der Waals surface area (Å²) in [5.74, 6) is -1.29.